The van der Waals surface area contributed by atoms with E-state index in [4.69, 9.17) is 5.14 Å². The molecule has 1 aliphatic rings. The van der Waals surface area contributed by atoms with Crippen molar-refractivity contribution in [1.29, 1.82) is 0 Å². The minimum atomic E-state index is -3.65. The molecule has 2 rings (SSSR count). The van der Waals surface area contributed by atoms with Crippen LogP contribution in [0, 0.1) is 11.8 Å². The molecule has 0 heterocycles. The topological polar surface area (TPSA) is 89.3 Å². The van der Waals surface area contributed by atoms with E-state index in [1.807, 2.05) is 6.92 Å². The summed E-state index contributed by atoms with van der Waals surface area (Å²) in [6, 6.07) is 6.20. The summed E-state index contributed by atoms with van der Waals surface area (Å²) in [6.45, 7) is 2.35. The van der Waals surface area contributed by atoms with Gasteiger partial charge in [-0.1, -0.05) is 19.1 Å². The summed E-state index contributed by atoms with van der Waals surface area (Å²) in [5.41, 5.74) is 0.851. The Morgan fingerprint density at radius 1 is 1.37 bits per heavy atom. The Morgan fingerprint density at radius 2 is 1.95 bits per heavy atom. The largest absolute Gasteiger partial charge is 0.352 e. The predicted molar refractivity (Wildman–Crippen MR) is 71.5 cm³/mol. The van der Waals surface area contributed by atoms with E-state index in [0.717, 1.165) is 18.4 Å². The van der Waals surface area contributed by atoms with Crippen LogP contribution in [-0.4, -0.2) is 14.3 Å². The predicted octanol–water partition coefficient (Wildman–Crippen LogP) is 0.996. The van der Waals surface area contributed by atoms with Gasteiger partial charge in [0.15, 0.2) is 0 Å². The second-order valence-electron chi connectivity index (χ2n) is 5.03. The number of amides is 1. The number of benzene rings is 1. The average Bonchev–Trinajstić information content (AvgIpc) is 3.18. The van der Waals surface area contributed by atoms with E-state index in [2.05, 4.69) is 5.32 Å². The van der Waals surface area contributed by atoms with Gasteiger partial charge in [-0.2, -0.15) is 0 Å². The number of nitrogens with one attached hydrogen (secondary N) is 1. The second kappa shape index (κ2) is 5.30. The van der Waals surface area contributed by atoms with Gasteiger partial charge in [0.25, 0.3) is 0 Å². The quantitative estimate of drug-likeness (QED) is 0.844. The van der Waals surface area contributed by atoms with E-state index >= 15 is 0 Å². The number of primary sulfonamides is 1. The number of rotatable bonds is 5. The zero-order chi connectivity index (χ0) is 14.0. The fraction of sp³-hybridized carbons (Fsp3) is 0.462. The zero-order valence-electron chi connectivity index (χ0n) is 10.8. The third kappa shape index (κ3) is 3.78. The molecule has 1 aliphatic carbocycles. The van der Waals surface area contributed by atoms with Crippen molar-refractivity contribution in [2.75, 3.05) is 0 Å². The second-order valence-corrected chi connectivity index (χ2v) is 6.59. The van der Waals surface area contributed by atoms with Crippen LogP contribution in [0.15, 0.2) is 29.2 Å². The van der Waals surface area contributed by atoms with Gasteiger partial charge < -0.3 is 5.32 Å². The molecule has 104 valence electrons. The van der Waals surface area contributed by atoms with Crippen molar-refractivity contribution in [3.8, 4) is 0 Å². The molecule has 1 unspecified atom stereocenters. The monoisotopic (exact) mass is 282 g/mol. The van der Waals surface area contributed by atoms with E-state index in [1.165, 1.54) is 12.1 Å². The molecule has 6 heteroatoms. The smallest absolute Gasteiger partial charge is 0.238 e. The SMILES string of the molecule is CC(C(=O)NCc1ccc(S(N)(=O)=O)cc1)C1CC1. The first-order chi connectivity index (χ1) is 8.88. The fourth-order valence-electron chi connectivity index (χ4n) is 1.96. The molecule has 5 nitrogen and oxygen atoms in total. The van der Waals surface area contributed by atoms with E-state index in [-0.39, 0.29) is 16.7 Å². The molecular formula is C13H18N2O3S. The lowest BCUT2D eigenvalue weighted by atomic mass is 10.1. The van der Waals surface area contributed by atoms with Crippen LogP contribution >= 0.6 is 0 Å². The Morgan fingerprint density at radius 3 is 2.42 bits per heavy atom. The van der Waals surface area contributed by atoms with Crippen molar-refractivity contribution in [2.24, 2.45) is 17.0 Å². The van der Waals surface area contributed by atoms with Gasteiger partial charge in [0.05, 0.1) is 4.90 Å². The lowest BCUT2D eigenvalue weighted by molar-refractivity contribution is -0.125. The highest BCUT2D eigenvalue weighted by atomic mass is 32.2. The Kier molecular flexibility index (Phi) is 3.91. The third-order valence-electron chi connectivity index (χ3n) is 3.46. The molecule has 19 heavy (non-hydrogen) atoms. The van der Waals surface area contributed by atoms with Crippen molar-refractivity contribution >= 4 is 15.9 Å². The summed E-state index contributed by atoms with van der Waals surface area (Å²) < 4.78 is 22.2. The van der Waals surface area contributed by atoms with Gasteiger partial charge >= 0.3 is 0 Å². The normalized spacial score (nSPS) is 16.9. The van der Waals surface area contributed by atoms with Gasteiger partial charge in [0.2, 0.25) is 15.9 Å². The Labute approximate surface area is 113 Å². The number of nitrogens with two attached hydrogens (primary N) is 1. The van der Waals surface area contributed by atoms with Crippen LogP contribution in [0.2, 0.25) is 0 Å². The summed E-state index contributed by atoms with van der Waals surface area (Å²) in [5, 5.41) is 7.87. The number of hydrogen-bond donors (Lipinski definition) is 2. The Bertz CT molecular complexity index is 562. The molecule has 0 spiro atoms. The Balaban J connectivity index is 1.91. The maximum absolute atomic E-state index is 11.8. The highest BCUT2D eigenvalue weighted by molar-refractivity contribution is 7.89. The first kappa shape index (κ1) is 14.0. The average molecular weight is 282 g/mol. The van der Waals surface area contributed by atoms with Gasteiger partial charge in [-0.15, -0.1) is 0 Å². The zero-order valence-corrected chi connectivity index (χ0v) is 11.6. The van der Waals surface area contributed by atoms with E-state index in [1.54, 1.807) is 12.1 Å². The van der Waals surface area contributed by atoms with Gasteiger partial charge in [0.1, 0.15) is 0 Å². The highest BCUT2D eigenvalue weighted by Crippen LogP contribution is 2.36. The summed E-state index contributed by atoms with van der Waals surface area (Å²) in [6.07, 6.45) is 2.27. The van der Waals surface area contributed by atoms with Crippen molar-refractivity contribution in [3.63, 3.8) is 0 Å². The number of sulfonamides is 1. The summed E-state index contributed by atoms with van der Waals surface area (Å²) >= 11 is 0. The fourth-order valence-corrected chi connectivity index (χ4v) is 2.47. The van der Waals surface area contributed by atoms with Crippen LogP contribution in [-0.2, 0) is 21.4 Å². The molecule has 1 fully saturated rings. The molecule has 0 bridgehead atoms. The van der Waals surface area contributed by atoms with Gasteiger partial charge in [-0.05, 0) is 36.5 Å². The van der Waals surface area contributed by atoms with E-state index < -0.39 is 10.0 Å². The van der Waals surface area contributed by atoms with Crippen molar-refractivity contribution < 1.29 is 13.2 Å². The van der Waals surface area contributed by atoms with Crippen molar-refractivity contribution in [3.05, 3.63) is 29.8 Å². The molecule has 1 amide bonds. The molecule has 0 radical (unpaired) electrons. The lowest BCUT2D eigenvalue weighted by Crippen LogP contribution is -2.29. The van der Waals surface area contributed by atoms with Crippen LogP contribution in [0.3, 0.4) is 0 Å². The Hall–Kier alpha value is -1.40. The lowest BCUT2D eigenvalue weighted by Gasteiger charge is -2.11. The van der Waals surface area contributed by atoms with E-state index in [0.29, 0.717) is 12.5 Å². The number of hydrogen-bond acceptors (Lipinski definition) is 3. The maximum Gasteiger partial charge on any atom is 0.238 e. The number of carbonyl (C=O) groups excluding carboxylic acids is 1. The van der Waals surface area contributed by atoms with Crippen LogP contribution < -0.4 is 10.5 Å². The first-order valence-corrected chi connectivity index (χ1v) is 7.82. The molecule has 1 aromatic carbocycles. The summed E-state index contributed by atoms with van der Waals surface area (Å²) in [4.78, 5) is 11.9. The minimum Gasteiger partial charge on any atom is -0.352 e. The first-order valence-electron chi connectivity index (χ1n) is 6.27. The molecule has 0 aliphatic heterocycles. The standard InChI is InChI=1S/C13H18N2O3S/c1-9(11-4-5-11)13(16)15-8-10-2-6-12(7-3-10)19(14,17)18/h2-3,6-7,9,11H,4-5,8H2,1H3,(H,15,16)(H2,14,17,18). The minimum absolute atomic E-state index is 0.0537. The van der Waals surface area contributed by atoms with Crippen LogP contribution in [0.1, 0.15) is 25.3 Å². The molecule has 0 aromatic heterocycles. The molecule has 0 saturated heterocycles. The van der Waals surface area contributed by atoms with Crippen LogP contribution in [0.5, 0.6) is 0 Å². The highest BCUT2D eigenvalue weighted by Gasteiger charge is 2.32. The van der Waals surface area contributed by atoms with Crippen LogP contribution in [0.25, 0.3) is 0 Å². The maximum atomic E-state index is 11.8. The van der Waals surface area contributed by atoms with Gasteiger partial charge in [0, 0.05) is 12.5 Å². The van der Waals surface area contributed by atoms with E-state index in [9.17, 15) is 13.2 Å². The molecule has 3 N–H and O–H groups in total. The third-order valence-corrected chi connectivity index (χ3v) is 4.39. The molecule has 1 aromatic rings. The van der Waals surface area contributed by atoms with Crippen LogP contribution in [0.4, 0.5) is 0 Å². The van der Waals surface area contributed by atoms with Crippen molar-refractivity contribution in [1.82, 2.24) is 5.32 Å². The van der Waals surface area contributed by atoms with Gasteiger partial charge in [-0.3, -0.25) is 4.79 Å². The molecule has 1 atom stereocenters. The summed E-state index contributed by atoms with van der Waals surface area (Å²) in [5.74, 6) is 0.645. The molecule has 1 saturated carbocycles. The number of carbonyl (C=O) groups is 1. The van der Waals surface area contributed by atoms with Gasteiger partial charge in [-0.25, -0.2) is 13.6 Å². The van der Waals surface area contributed by atoms with Crippen molar-refractivity contribution in [2.45, 2.75) is 31.2 Å². The summed E-state index contributed by atoms with van der Waals surface area (Å²) in [7, 11) is -3.65. The molecular weight excluding hydrogens is 264 g/mol.